The van der Waals surface area contributed by atoms with Crippen molar-refractivity contribution in [2.45, 2.75) is 64.5 Å². The molecular formula is C46H46MnN6. The third-order valence-corrected chi connectivity index (χ3v) is 11.5. The van der Waals surface area contributed by atoms with E-state index in [4.69, 9.17) is 19.9 Å². The molecule has 53 heavy (non-hydrogen) atoms. The minimum atomic E-state index is 0. The first-order chi connectivity index (χ1) is 25.7. The molecule has 2 fully saturated rings. The van der Waals surface area contributed by atoms with Gasteiger partial charge in [-0.25, -0.2) is 9.97 Å². The van der Waals surface area contributed by atoms with Crippen molar-refractivity contribution >= 4 is 46.4 Å². The van der Waals surface area contributed by atoms with E-state index in [1.165, 1.54) is 36.8 Å². The Bertz CT molecular complexity index is 2160. The number of rotatable bonds is 6. The van der Waals surface area contributed by atoms with Crippen LogP contribution >= 0.6 is 0 Å². The van der Waals surface area contributed by atoms with E-state index in [1.54, 1.807) is 0 Å². The van der Waals surface area contributed by atoms with Crippen molar-refractivity contribution in [1.29, 1.82) is 0 Å². The topological polar surface area (TPSA) is 60.5 Å². The zero-order valence-electron chi connectivity index (χ0n) is 30.7. The van der Waals surface area contributed by atoms with Crippen LogP contribution in [0.4, 0.5) is 0 Å². The van der Waals surface area contributed by atoms with Crippen LogP contribution < -0.4 is 9.97 Å². The molecule has 6 nitrogen and oxygen atoms in total. The molecule has 4 aliphatic heterocycles. The van der Waals surface area contributed by atoms with E-state index in [0.29, 0.717) is 0 Å². The van der Waals surface area contributed by atoms with E-state index in [0.717, 1.165) is 106 Å². The molecule has 0 N–H and O–H groups in total. The monoisotopic (exact) mass is 737 g/mol. The van der Waals surface area contributed by atoms with E-state index >= 15 is 0 Å². The van der Waals surface area contributed by atoms with Crippen molar-refractivity contribution in [1.82, 2.24) is 29.7 Å². The van der Waals surface area contributed by atoms with Gasteiger partial charge in [0.2, 0.25) is 0 Å². The summed E-state index contributed by atoms with van der Waals surface area (Å²) >= 11 is 0. The molecule has 9 rings (SSSR count). The molecule has 7 heteroatoms. The number of piperidine rings is 2. The Kier molecular flexibility index (Phi) is 10.4. The van der Waals surface area contributed by atoms with E-state index in [1.807, 2.05) is 0 Å². The van der Waals surface area contributed by atoms with Crippen LogP contribution in [0.25, 0.3) is 68.6 Å². The number of nitrogens with zero attached hydrogens (tertiary/aromatic N) is 6. The molecule has 4 aliphatic rings. The van der Waals surface area contributed by atoms with E-state index in [2.05, 4.69) is 133 Å². The fourth-order valence-corrected chi connectivity index (χ4v) is 9.01. The molecule has 7 heterocycles. The summed E-state index contributed by atoms with van der Waals surface area (Å²) in [5.74, 6) is 0. The molecule has 2 atom stereocenters. The molecule has 2 saturated heterocycles. The summed E-state index contributed by atoms with van der Waals surface area (Å²) in [6, 6.07) is 30.5. The molecule has 2 aromatic carbocycles. The van der Waals surface area contributed by atoms with Gasteiger partial charge in [-0.3, -0.25) is 9.80 Å². The Morgan fingerprint density at radius 1 is 0.509 bits per heavy atom. The van der Waals surface area contributed by atoms with Crippen LogP contribution in [-0.4, -0.2) is 45.9 Å². The van der Waals surface area contributed by atoms with Crippen molar-refractivity contribution < 1.29 is 17.1 Å². The molecule has 0 amide bonds. The first kappa shape index (κ1) is 35.5. The van der Waals surface area contributed by atoms with Crippen LogP contribution in [-0.2, 0) is 17.1 Å². The number of fused-ring (bicyclic) bond motifs is 8. The molecule has 8 bridgehead atoms. The maximum Gasteiger partial charge on any atom is 2.00 e. The number of benzene rings is 2. The maximum absolute atomic E-state index is 5.59. The van der Waals surface area contributed by atoms with Gasteiger partial charge in [-0.15, -0.1) is 22.1 Å². The predicted molar refractivity (Wildman–Crippen MR) is 215 cm³/mol. The third-order valence-electron chi connectivity index (χ3n) is 11.5. The second-order valence-electron chi connectivity index (χ2n) is 14.5. The van der Waals surface area contributed by atoms with E-state index in [9.17, 15) is 0 Å². The second-order valence-corrected chi connectivity index (χ2v) is 14.5. The minimum Gasteiger partial charge on any atom is -0.657 e. The van der Waals surface area contributed by atoms with Crippen LogP contribution in [0.2, 0.25) is 0 Å². The molecule has 0 spiro atoms. The Morgan fingerprint density at radius 3 is 1.34 bits per heavy atom. The Balaban J connectivity index is 0.00000400. The van der Waals surface area contributed by atoms with Crippen molar-refractivity contribution in [2.75, 3.05) is 26.2 Å². The van der Waals surface area contributed by atoms with Crippen LogP contribution in [0.1, 0.15) is 98.4 Å². The SMILES string of the molecule is CCN1CCCCC1c1c2nc(c(-c3ccccc3)c3ccc([n-]3)c(-c3ccccc3)c3nc(c(C4CCCCN4CC)c4ccc1[n-]4)C=C3)C=C2.[Mn+2]. The number of aromatic nitrogens is 4. The van der Waals surface area contributed by atoms with E-state index in [-0.39, 0.29) is 29.2 Å². The van der Waals surface area contributed by atoms with Crippen LogP contribution in [0.5, 0.6) is 0 Å². The van der Waals surface area contributed by atoms with Gasteiger partial charge in [0, 0.05) is 12.1 Å². The van der Waals surface area contributed by atoms with Crippen LogP contribution in [0, 0.1) is 0 Å². The average Bonchev–Trinajstić information content (AvgIpc) is 4.04. The van der Waals surface area contributed by atoms with Gasteiger partial charge in [-0.1, -0.05) is 112 Å². The largest absolute Gasteiger partial charge is 2.00 e. The van der Waals surface area contributed by atoms with Crippen LogP contribution in [0.15, 0.2) is 84.9 Å². The van der Waals surface area contributed by atoms with Crippen molar-refractivity contribution in [2.24, 2.45) is 0 Å². The molecule has 5 aromatic rings. The van der Waals surface area contributed by atoms with Gasteiger partial charge in [-0.05, 0) is 110 Å². The summed E-state index contributed by atoms with van der Waals surface area (Å²) in [6.45, 7) is 8.77. The molecule has 1 radical (unpaired) electrons. The van der Waals surface area contributed by atoms with Gasteiger partial charge in [0.1, 0.15) is 0 Å². The van der Waals surface area contributed by atoms with Gasteiger partial charge in [0.15, 0.2) is 0 Å². The number of hydrogen-bond donors (Lipinski definition) is 0. The fourth-order valence-electron chi connectivity index (χ4n) is 9.01. The molecular weight excluding hydrogens is 691 g/mol. The zero-order valence-corrected chi connectivity index (χ0v) is 31.9. The zero-order chi connectivity index (χ0) is 35.0. The molecule has 267 valence electrons. The summed E-state index contributed by atoms with van der Waals surface area (Å²) in [5.41, 5.74) is 14.5. The van der Waals surface area contributed by atoms with E-state index < -0.39 is 0 Å². The van der Waals surface area contributed by atoms with Crippen molar-refractivity contribution in [3.05, 3.63) is 119 Å². The van der Waals surface area contributed by atoms with Gasteiger partial charge >= 0.3 is 17.1 Å². The summed E-state index contributed by atoms with van der Waals surface area (Å²) in [4.78, 5) is 27.2. The quantitative estimate of drug-likeness (QED) is 0.158. The van der Waals surface area contributed by atoms with Crippen molar-refractivity contribution in [3.63, 3.8) is 0 Å². The predicted octanol–water partition coefficient (Wildman–Crippen LogP) is 10.3. The second kappa shape index (κ2) is 15.5. The number of hydrogen-bond acceptors (Lipinski definition) is 4. The summed E-state index contributed by atoms with van der Waals surface area (Å²) in [7, 11) is 0. The molecule has 3 aromatic heterocycles. The fraction of sp³-hybridized carbons (Fsp3) is 0.304. The van der Waals surface area contributed by atoms with Gasteiger partial charge in [0.05, 0.1) is 22.8 Å². The first-order valence-corrected chi connectivity index (χ1v) is 19.3. The standard InChI is InChI=1S/C46H46N6.Mn/c1-3-51-29-13-11-19-41(51)45-37-25-23-35(48-37)43(31-15-7-5-8-16-31)33-21-22-34(47-33)44(32-17-9-6-10-18-32)36-24-26-38(49-36)46(40-28-27-39(45)50-40)42-20-12-14-30-52(42)4-2;/h5-10,15-18,21-28,41-42H,3-4,11-14,19-20,29-30H2,1-2H3;/q-2;+2. The molecule has 2 unspecified atom stereocenters. The normalized spacial score (nSPS) is 19.0. The van der Waals surface area contributed by atoms with Crippen LogP contribution in [0.3, 0.4) is 0 Å². The molecule has 0 saturated carbocycles. The van der Waals surface area contributed by atoms with Gasteiger partial charge in [-0.2, -0.15) is 0 Å². The third kappa shape index (κ3) is 6.65. The average molecular weight is 738 g/mol. The number of likely N-dealkylation sites (tertiary alicyclic amines) is 2. The van der Waals surface area contributed by atoms with Crippen molar-refractivity contribution in [3.8, 4) is 22.3 Å². The van der Waals surface area contributed by atoms with Gasteiger partial charge in [0.25, 0.3) is 0 Å². The molecule has 0 aliphatic carbocycles. The summed E-state index contributed by atoms with van der Waals surface area (Å²) in [5, 5.41) is 0. The first-order valence-electron chi connectivity index (χ1n) is 19.3. The Hall–Kier alpha value is -4.52. The summed E-state index contributed by atoms with van der Waals surface area (Å²) < 4.78 is 0. The smallest absolute Gasteiger partial charge is 0.657 e. The Labute approximate surface area is 323 Å². The summed E-state index contributed by atoms with van der Waals surface area (Å²) in [6.07, 6.45) is 15.9. The Morgan fingerprint density at radius 2 is 0.906 bits per heavy atom. The minimum absolute atomic E-state index is 0. The maximum atomic E-state index is 5.59. The van der Waals surface area contributed by atoms with Gasteiger partial charge < -0.3 is 9.97 Å².